The van der Waals surface area contributed by atoms with Crippen LogP contribution >= 0.6 is 0 Å². The van der Waals surface area contributed by atoms with Crippen LogP contribution in [0.15, 0.2) is 91.0 Å². The highest BCUT2D eigenvalue weighted by atomic mass is 16.5. The lowest BCUT2D eigenvalue weighted by molar-refractivity contribution is -0.167. The van der Waals surface area contributed by atoms with E-state index >= 15 is 0 Å². The van der Waals surface area contributed by atoms with Crippen molar-refractivity contribution in [1.29, 1.82) is 0 Å². The number of unbranched alkanes of at least 4 members (excludes halogenated alkanes) is 1. The summed E-state index contributed by atoms with van der Waals surface area (Å²) in [5.41, 5.74) is 2.76. The highest BCUT2D eigenvalue weighted by Gasteiger charge is 2.55. The van der Waals surface area contributed by atoms with Crippen molar-refractivity contribution in [3.8, 4) is 0 Å². The van der Waals surface area contributed by atoms with Crippen LogP contribution in [0.25, 0.3) is 0 Å². The minimum absolute atomic E-state index is 0.00846. The number of hydrogen-bond acceptors (Lipinski definition) is 6. The zero-order chi connectivity index (χ0) is 33.9. The minimum Gasteiger partial charge on any atom is -0.445 e. The summed E-state index contributed by atoms with van der Waals surface area (Å²) in [5.74, 6) is 0.0724. The van der Waals surface area contributed by atoms with Gasteiger partial charge in [0.1, 0.15) is 18.2 Å². The number of hydrogen-bond donors (Lipinski definition) is 2. The molecule has 3 aliphatic rings. The Labute approximate surface area is 291 Å². The molecule has 0 aromatic heterocycles. The third-order valence-electron chi connectivity index (χ3n) is 10.5. The Morgan fingerprint density at radius 3 is 2.04 bits per heavy atom. The number of carbonyl (C=O) groups excluding carboxylic acids is 3. The van der Waals surface area contributed by atoms with Gasteiger partial charge in [-0.2, -0.15) is 0 Å². The molecule has 3 aromatic carbocycles. The van der Waals surface area contributed by atoms with Crippen molar-refractivity contribution in [2.75, 3.05) is 39.3 Å². The molecule has 0 radical (unpaired) electrons. The molecule has 1 spiro atoms. The number of nitrogens with zero attached hydrogens (tertiary/aromatic N) is 3. The van der Waals surface area contributed by atoms with E-state index in [9.17, 15) is 14.4 Å². The van der Waals surface area contributed by atoms with Gasteiger partial charge in [0.25, 0.3) is 0 Å². The lowest BCUT2D eigenvalue weighted by Gasteiger charge is -2.55. The maximum Gasteiger partial charge on any atom is 0.407 e. The lowest BCUT2D eigenvalue weighted by atomic mass is 9.79. The van der Waals surface area contributed by atoms with Gasteiger partial charge in [-0.1, -0.05) is 91.0 Å². The van der Waals surface area contributed by atoms with Crippen LogP contribution in [0.1, 0.15) is 61.6 Å². The summed E-state index contributed by atoms with van der Waals surface area (Å²) in [5, 5.41) is 5.99. The van der Waals surface area contributed by atoms with Crippen molar-refractivity contribution in [2.45, 2.75) is 82.1 Å². The van der Waals surface area contributed by atoms with E-state index in [0.717, 1.165) is 64.1 Å². The van der Waals surface area contributed by atoms with Crippen molar-refractivity contribution in [3.63, 3.8) is 0 Å². The summed E-state index contributed by atoms with van der Waals surface area (Å²) in [7, 11) is 0. The Bertz CT molecular complexity index is 1490. The second-order valence-electron chi connectivity index (χ2n) is 13.8. The minimum atomic E-state index is -0.798. The first-order valence-corrected chi connectivity index (χ1v) is 18.1. The maximum atomic E-state index is 14.4. The second-order valence-corrected chi connectivity index (χ2v) is 13.8. The van der Waals surface area contributed by atoms with Gasteiger partial charge >= 0.3 is 6.09 Å². The average molecular weight is 666 g/mol. The van der Waals surface area contributed by atoms with Crippen LogP contribution in [0.3, 0.4) is 0 Å². The smallest absolute Gasteiger partial charge is 0.407 e. The van der Waals surface area contributed by atoms with E-state index in [1.807, 2.05) is 42.5 Å². The van der Waals surface area contributed by atoms with Crippen molar-refractivity contribution >= 4 is 17.9 Å². The number of benzene rings is 3. The Kier molecular flexibility index (Phi) is 12.0. The number of piperazine rings is 1. The van der Waals surface area contributed by atoms with E-state index in [-0.39, 0.29) is 24.5 Å². The number of rotatable bonds is 13. The Morgan fingerprint density at radius 1 is 0.776 bits per heavy atom. The fraction of sp³-hybridized carbons (Fsp3) is 0.475. The monoisotopic (exact) mass is 665 g/mol. The van der Waals surface area contributed by atoms with Crippen molar-refractivity contribution in [2.24, 2.45) is 0 Å². The fourth-order valence-electron chi connectivity index (χ4n) is 7.73. The molecule has 9 nitrogen and oxygen atoms in total. The molecule has 3 fully saturated rings. The second kappa shape index (κ2) is 16.9. The Balaban J connectivity index is 1.04. The SMILES string of the molecule is O=C(NCCCCC1NC(=O)C2(CCN(CCc3ccccc3)CC2)N(C2CCN(Cc3ccccc3)CC2)C1=O)OCc1ccccc1. The fourth-order valence-corrected chi connectivity index (χ4v) is 7.73. The summed E-state index contributed by atoms with van der Waals surface area (Å²) in [6.07, 6.45) is 5.53. The van der Waals surface area contributed by atoms with Gasteiger partial charge in [-0.3, -0.25) is 14.5 Å². The van der Waals surface area contributed by atoms with Gasteiger partial charge in [0.05, 0.1) is 0 Å². The summed E-state index contributed by atoms with van der Waals surface area (Å²) >= 11 is 0. The predicted molar refractivity (Wildman–Crippen MR) is 191 cm³/mol. The molecule has 3 aliphatic heterocycles. The summed E-state index contributed by atoms with van der Waals surface area (Å²) in [6, 6.07) is 30.2. The van der Waals surface area contributed by atoms with Gasteiger partial charge in [0.2, 0.25) is 11.8 Å². The quantitative estimate of drug-likeness (QED) is 0.246. The van der Waals surface area contributed by atoms with E-state index in [4.69, 9.17) is 4.74 Å². The van der Waals surface area contributed by atoms with Crippen LogP contribution in [-0.2, 0) is 33.9 Å². The first-order valence-electron chi connectivity index (χ1n) is 18.1. The number of amides is 3. The lowest BCUT2D eigenvalue weighted by Crippen LogP contribution is -2.75. The van der Waals surface area contributed by atoms with Crippen LogP contribution in [0.2, 0.25) is 0 Å². The average Bonchev–Trinajstić information content (AvgIpc) is 3.14. The van der Waals surface area contributed by atoms with Gasteiger partial charge < -0.3 is 25.2 Å². The predicted octanol–water partition coefficient (Wildman–Crippen LogP) is 5.15. The molecular weight excluding hydrogens is 614 g/mol. The third-order valence-corrected chi connectivity index (χ3v) is 10.5. The highest BCUT2D eigenvalue weighted by Crippen LogP contribution is 2.38. The van der Waals surface area contributed by atoms with Crippen LogP contribution in [0.4, 0.5) is 4.79 Å². The standard InChI is InChI=1S/C40H51N5O4/c46-37-36(18-10-11-24-41-39(48)49-31-34-16-8-3-9-17-34)42-38(47)40(22-28-43(29-23-40)25-19-32-12-4-1-5-13-32)45(37)35-20-26-44(27-21-35)30-33-14-6-2-7-15-33/h1-9,12-17,35-36H,10-11,18-31H2,(H,41,48)(H,42,47). The third kappa shape index (κ3) is 9.08. The number of carbonyl (C=O) groups is 3. The molecule has 260 valence electrons. The van der Waals surface area contributed by atoms with Crippen LogP contribution < -0.4 is 10.6 Å². The van der Waals surface area contributed by atoms with Crippen LogP contribution in [0.5, 0.6) is 0 Å². The molecule has 6 rings (SSSR count). The number of likely N-dealkylation sites (tertiary alicyclic amines) is 2. The summed E-state index contributed by atoms with van der Waals surface area (Å²) in [6.45, 7) is 5.94. The number of nitrogens with one attached hydrogen (secondary N) is 2. The van der Waals surface area contributed by atoms with Gasteiger partial charge in [0, 0.05) is 51.9 Å². The van der Waals surface area contributed by atoms with Crippen molar-refractivity contribution in [3.05, 3.63) is 108 Å². The first kappa shape index (κ1) is 34.6. The van der Waals surface area contributed by atoms with Gasteiger partial charge in [-0.15, -0.1) is 0 Å². The van der Waals surface area contributed by atoms with Crippen LogP contribution in [0, 0.1) is 0 Å². The molecule has 1 atom stereocenters. The maximum absolute atomic E-state index is 14.4. The molecule has 0 aliphatic carbocycles. The molecule has 3 heterocycles. The van der Waals surface area contributed by atoms with E-state index in [0.29, 0.717) is 38.6 Å². The summed E-state index contributed by atoms with van der Waals surface area (Å²) in [4.78, 5) is 47.7. The molecule has 0 saturated carbocycles. The largest absolute Gasteiger partial charge is 0.445 e. The number of ether oxygens (including phenoxy) is 1. The van der Waals surface area contributed by atoms with Crippen molar-refractivity contribution < 1.29 is 19.1 Å². The summed E-state index contributed by atoms with van der Waals surface area (Å²) < 4.78 is 5.31. The molecule has 3 aromatic rings. The zero-order valence-electron chi connectivity index (χ0n) is 28.6. The molecule has 0 bridgehead atoms. The normalized spacial score (nSPS) is 20.2. The topological polar surface area (TPSA) is 94.2 Å². The van der Waals surface area contributed by atoms with Gasteiger partial charge in [0.15, 0.2) is 0 Å². The number of piperidine rings is 2. The first-order chi connectivity index (χ1) is 24.0. The van der Waals surface area contributed by atoms with E-state index in [1.165, 1.54) is 11.1 Å². The molecule has 9 heteroatoms. The molecule has 3 amide bonds. The van der Waals surface area contributed by atoms with Crippen molar-refractivity contribution in [1.82, 2.24) is 25.3 Å². The zero-order valence-corrected chi connectivity index (χ0v) is 28.6. The molecule has 3 saturated heterocycles. The molecular formula is C40H51N5O4. The molecule has 1 unspecified atom stereocenters. The van der Waals surface area contributed by atoms with E-state index in [2.05, 4.69) is 73.9 Å². The highest BCUT2D eigenvalue weighted by molar-refractivity contribution is 6.00. The Morgan fingerprint density at radius 2 is 1.39 bits per heavy atom. The van der Waals surface area contributed by atoms with E-state index in [1.54, 1.807) is 0 Å². The van der Waals surface area contributed by atoms with Gasteiger partial charge in [-0.05, 0) is 68.1 Å². The van der Waals surface area contributed by atoms with Crippen LogP contribution in [-0.4, -0.2) is 89.5 Å². The molecule has 49 heavy (non-hydrogen) atoms. The van der Waals surface area contributed by atoms with Gasteiger partial charge in [-0.25, -0.2) is 4.79 Å². The van der Waals surface area contributed by atoms with E-state index < -0.39 is 17.7 Å². The number of alkyl carbamates (subject to hydrolysis) is 1. The molecule has 2 N–H and O–H groups in total. The Hall–Kier alpha value is -4.21.